The minimum absolute atomic E-state index is 0.0909. The van der Waals surface area contributed by atoms with E-state index in [9.17, 15) is 9.90 Å². The van der Waals surface area contributed by atoms with Crippen LogP contribution >= 0.6 is 15.9 Å². The first-order valence-corrected chi connectivity index (χ1v) is 10.9. The molecule has 0 saturated heterocycles. The smallest absolute Gasteiger partial charge is 0.265 e. The number of alkyl halides is 1. The first kappa shape index (κ1) is 20.1. The molecule has 5 heteroatoms. The Labute approximate surface area is 179 Å². The van der Waals surface area contributed by atoms with Crippen LogP contribution in [0.5, 0.6) is 0 Å². The highest BCUT2D eigenvalue weighted by Gasteiger charge is 2.47. The lowest BCUT2D eigenvalue weighted by Crippen LogP contribution is -2.42. The van der Waals surface area contributed by atoms with E-state index in [-0.39, 0.29) is 4.83 Å². The number of carbonyl (C=O) groups excluding carboxylic acids is 1. The van der Waals surface area contributed by atoms with E-state index in [1.807, 2.05) is 60.7 Å². The van der Waals surface area contributed by atoms with Crippen LogP contribution in [0.1, 0.15) is 48.2 Å². The summed E-state index contributed by atoms with van der Waals surface area (Å²) in [6.07, 6.45) is 1.62. The molecule has 3 aromatic carbocycles. The van der Waals surface area contributed by atoms with Gasteiger partial charge in [0.05, 0.1) is 4.83 Å². The van der Waals surface area contributed by atoms with Gasteiger partial charge in [-0.05, 0) is 52.9 Å². The summed E-state index contributed by atoms with van der Waals surface area (Å²) in [4.78, 5) is 12.8. The third kappa shape index (κ3) is 3.08. The molecule has 1 aliphatic heterocycles. The normalized spacial score (nSPS) is 19.8. The van der Waals surface area contributed by atoms with E-state index >= 15 is 0 Å². The van der Waals surface area contributed by atoms with Gasteiger partial charge < -0.3 is 16.2 Å². The van der Waals surface area contributed by atoms with Gasteiger partial charge in [0, 0.05) is 16.8 Å². The fourth-order valence-corrected chi connectivity index (χ4v) is 5.04. The number of hydrogen-bond acceptors (Lipinski definition) is 3. The molecule has 1 heterocycles. The molecule has 0 aliphatic carbocycles. The van der Waals surface area contributed by atoms with E-state index in [2.05, 4.69) is 35.1 Å². The molecular formula is C24H25BrN2O2. The molecule has 2 unspecified atom stereocenters. The SMILES string of the molecule is CCC(N)(CC)C(Br)c1ccc2c(c1)C(O)(c1ccc3ccccc3c1)C(=O)N2. The first-order chi connectivity index (χ1) is 13.8. The molecule has 0 fully saturated rings. The number of nitrogens with two attached hydrogens (primary N) is 1. The maximum atomic E-state index is 12.9. The standard InChI is InChI=1S/C24H25BrN2O2/c1-3-23(26,4-2)21(25)17-10-12-20-19(14-17)24(29,22(28)27-20)18-11-9-15-7-5-6-8-16(15)13-18/h5-14,21,29H,3-4,26H2,1-2H3,(H,27,28). The van der Waals surface area contributed by atoms with Crippen molar-refractivity contribution in [2.45, 2.75) is 42.7 Å². The average Bonchev–Trinajstić information content (AvgIpc) is 3.02. The zero-order chi connectivity index (χ0) is 20.8. The van der Waals surface area contributed by atoms with Crippen LogP contribution in [0.15, 0.2) is 60.7 Å². The lowest BCUT2D eigenvalue weighted by atomic mass is 9.82. The Morgan fingerprint density at radius 2 is 1.76 bits per heavy atom. The first-order valence-electron chi connectivity index (χ1n) is 9.94. The van der Waals surface area contributed by atoms with Crippen molar-refractivity contribution >= 4 is 38.3 Å². The number of hydrogen-bond donors (Lipinski definition) is 3. The molecule has 0 saturated carbocycles. The van der Waals surface area contributed by atoms with Gasteiger partial charge in [-0.25, -0.2) is 0 Å². The Kier molecular flexibility index (Phi) is 5.01. The van der Waals surface area contributed by atoms with Crippen LogP contribution in [-0.2, 0) is 10.4 Å². The quantitative estimate of drug-likeness (QED) is 0.477. The molecule has 4 N–H and O–H groups in total. The molecule has 0 spiro atoms. The van der Waals surface area contributed by atoms with Gasteiger partial charge in [0.2, 0.25) is 0 Å². The zero-order valence-corrected chi connectivity index (χ0v) is 18.2. The molecule has 4 rings (SSSR count). The van der Waals surface area contributed by atoms with Crippen molar-refractivity contribution in [3.05, 3.63) is 77.4 Å². The Bertz CT molecular complexity index is 1090. The molecule has 0 aromatic heterocycles. The highest BCUT2D eigenvalue weighted by Crippen LogP contribution is 2.45. The molecule has 1 amide bonds. The van der Waals surface area contributed by atoms with Crippen molar-refractivity contribution in [3.63, 3.8) is 0 Å². The maximum absolute atomic E-state index is 12.9. The van der Waals surface area contributed by atoms with Crippen LogP contribution < -0.4 is 11.1 Å². The van der Waals surface area contributed by atoms with Crippen LogP contribution in [0.25, 0.3) is 10.8 Å². The summed E-state index contributed by atoms with van der Waals surface area (Å²) in [6.45, 7) is 4.14. The molecular weight excluding hydrogens is 428 g/mol. The third-order valence-electron chi connectivity index (χ3n) is 6.29. The molecule has 0 radical (unpaired) electrons. The topological polar surface area (TPSA) is 75.3 Å². The van der Waals surface area contributed by atoms with E-state index in [0.29, 0.717) is 16.8 Å². The maximum Gasteiger partial charge on any atom is 0.265 e. The number of carbonyl (C=O) groups is 1. The minimum Gasteiger partial charge on any atom is -0.372 e. The van der Waals surface area contributed by atoms with Crippen molar-refractivity contribution in [3.8, 4) is 0 Å². The van der Waals surface area contributed by atoms with Gasteiger partial charge in [-0.2, -0.15) is 0 Å². The summed E-state index contributed by atoms with van der Waals surface area (Å²) in [5, 5.41) is 16.5. The number of aliphatic hydroxyl groups is 1. The summed E-state index contributed by atoms with van der Waals surface area (Å²) in [7, 11) is 0. The molecule has 2 atom stereocenters. The van der Waals surface area contributed by atoms with Crippen molar-refractivity contribution < 1.29 is 9.90 Å². The molecule has 1 aliphatic rings. The molecule has 150 valence electrons. The second-order valence-electron chi connectivity index (χ2n) is 7.83. The summed E-state index contributed by atoms with van der Waals surface area (Å²) >= 11 is 3.77. The monoisotopic (exact) mass is 452 g/mol. The second kappa shape index (κ2) is 7.24. The number of amides is 1. The Hall–Kier alpha value is -2.21. The minimum atomic E-state index is -1.74. The van der Waals surface area contributed by atoms with E-state index in [0.717, 1.165) is 29.2 Å². The number of rotatable bonds is 5. The van der Waals surface area contributed by atoms with Gasteiger partial charge in [-0.1, -0.05) is 72.2 Å². The number of benzene rings is 3. The average molecular weight is 453 g/mol. The van der Waals surface area contributed by atoms with E-state index in [4.69, 9.17) is 5.73 Å². The van der Waals surface area contributed by atoms with Crippen molar-refractivity contribution in [2.24, 2.45) is 5.73 Å². The van der Waals surface area contributed by atoms with Crippen LogP contribution in [0.2, 0.25) is 0 Å². The Morgan fingerprint density at radius 1 is 1.07 bits per heavy atom. The van der Waals surface area contributed by atoms with Crippen molar-refractivity contribution in [2.75, 3.05) is 5.32 Å². The van der Waals surface area contributed by atoms with Gasteiger partial charge in [0.1, 0.15) is 0 Å². The Balaban J connectivity index is 1.84. The number of halogens is 1. The summed E-state index contributed by atoms with van der Waals surface area (Å²) in [5.41, 5.74) is 7.14. The van der Waals surface area contributed by atoms with Gasteiger partial charge >= 0.3 is 0 Å². The van der Waals surface area contributed by atoms with Crippen LogP contribution in [-0.4, -0.2) is 16.6 Å². The zero-order valence-electron chi connectivity index (χ0n) is 16.6. The van der Waals surface area contributed by atoms with Gasteiger partial charge in [0.25, 0.3) is 5.91 Å². The van der Waals surface area contributed by atoms with Crippen molar-refractivity contribution in [1.29, 1.82) is 0 Å². The number of anilines is 1. The van der Waals surface area contributed by atoms with Gasteiger partial charge in [0.15, 0.2) is 5.60 Å². The van der Waals surface area contributed by atoms with Crippen LogP contribution in [0.4, 0.5) is 5.69 Å². The molecule has 0 bridgehead atoms. The Morgan fingerprint density at radius 3 is 2.45 bits per heavy atom. The van der Waals surface area contributed by atoms with E-state index in [1.165, 1.54) is 0 Å². The lowest BCUT2D eigenvalue weighted by Gasteiger charge is -2.33. The lowest BCUT2D eigenvalue weighted by molar-refractivity contribution is -0.129. The molecule has 3 aromatic rings. The number of fused-ring (bicyclic) bond motifs is 2. The predicted octanol–water partition coefficient (Wildman–Crippen LogP) is 4.98. The van der Waals surface area contributed by atoms with E-state index < -0.39 is 17.0 Å². The van der Waals surface area contributed by atoms with Gasteiger partial charge in [-0.3, -0.25) is 4.79 Å². The summed E-state index contributed by atoms with van der Waals surface area (Å²) in [5.74, 6) is -0.434. The largest absolute Gasteiger partial charge is 0.372 e. The van der Waals surface area contributed by atoms with E-state index in [1.54, 1.807) is 0 Å². The highest BCUT2D eigenvalue weighted by atomic mass is 79.9. The van der Waals surface area contributed by atoms with Crippen LogP contribution in [0, 0.1) is 0 Å². The highest BCUT2D eigenvalue weighted by molar-refractivity contribution is 9.09. The van der Waals surface area contributed by atoms with Crippen LogP contribution in [0.3, 0.4) is 0 Å². The third-order valence-corrected chi connectivity index (χ3v) is 7.73. The second-order valence-corrected chi connectivity index (χ2v) is 8.75. The molecule has 29 heavy (non-hydrogen) atoms. The van der Waals surface area contributed by atoms with Crippen molar-refractivity contribution in [1.82, 2.24) is 0 Å². The number of nitrogens with one attached hydrogen (secondary N) is 1. The summed E-state index contributed by atoms with van der Waals surface area (Å²) in [6, 6.07) is 19.2. The predicted molar refractivity (Wildman–Crippen MR) is 121 cm³/mol. The summed E-state index contributed by atoms with van der Waals surface area (Å²) < 4.78 is 0. The molecule has 4 nitrogen and oxygen atoms in total. The fraction of sp³-hybridized carbons (Fsp3) is 0.292. The fourth-order valence-electron chi connectivity index (χ4n) is 4.10. The van der Waals surface area contributed by atoms with Gasteiger partial charge in [-0.15, -0.1) is 0 Å².